The number of carbonyl (C=O) groups excluding carboxylic acids is 2. The largest absolute Gasteiger partial charge is 0.394 e. The van der Waals surface area contributed by atoms with E-state index in [9.17, 15) is 30.0 Å². The first-order valence-electron chi connectivity index (χ1n) is 19.3. The van der Waals surface area contributed by atoms with Crippen molar-refractivity contribution < 1.29 is 30.0 Å². The molecule has 0 unspecified atom stereocenters. The second-order valence-electron chi connectivity index (χ2n) is 13.8. The minimum atomic E-state index is -0.926. The summed E-state index contributed by atoms with van der Waals surface area (Å²) in [5.74, 6) is -0.751. The molecular weight excluding hydrogens is 590 g/mol. The van der Waals surface area contributed by atoms with E-state index in [2.05, 4.69) is 19.2 Å². The zero-order chi connectivity index (χ0) is 34.5. The molecule has 272 valence electrons. The van der Waals surface area contributed by atoms with Crippen molar-refractivity contribution in [3.63, 3.8) is 0 Å². The van der Waals surface area contributed by atoms with Crippen LogP contribution in [0.25, 0.3) is 0 Å². The van der Waals surface area contributed by atoms with E-state index in [0.717, 1.165) is 32.1 Å². The number of aliphatic hydroxyl groups excluding tert-OH is 4. The minimum Gasteiger partial charge on any atom is -0.394 e. The standard InChI is InChI=1S/C40H71NO6/c1-3-5-7-8-9-10-11-12-13-14-15-16-17-18-23-27-37(44)36(32-42)41-40(47)28-24-20-19-22-26-34-35(39(46)31-38(34)45)30-29-33(43)25-21-6-4-2/h19,22-23,27,29-30,33-37,39,42-44,46H,3-18,20-21,24-26,28,31-32H2,1-2H3,(H,41,47)/b22-19-,27-23+,30-29+/t33-,34+,35+,36-,37+,39+/m0/s1. The van der Waals surface area contributed by atoms with Crippen LogP contribution in [0.15, 0.2) is 36.5 Å². The van der Waals surface area contributed by atoms with Crippen LogP contribution in [-0.2, 0) is 9.59 Å². The second-order valence-corrected chi connectivity index (χ2v) is 13.8. The van der Waals surface area contributed by atoms with Gasteiger partial charge in [-0.25, -0.2) is 0 Å². The Labute approximate surface area is 287 Å². The van der Waals surface area contributed by atoms with Crippen LogP contribution in [-0.4, -0.2) is 63.1 Å². The molecule has 1 aliphatic carbocycles. The van der Waals surface area contributed by atoms with Crippen LogP contribution >= 0.6 is 0 Å². The summed E-state index contributed by atoms with van der Waals surface area (Å²) in [6, 6.07) is -0.726. The molecule has 1 rings (SSSR count). The third-order valence-corrected chi connectivity index (χ3v) is 9.49. The molecule has 1 amide bonds. The van der Waals surface area contributed by atoms with Crippen LogP contribution in [0.4, 0.5) is 0 Å². The summed E-state index contributed by atoms with van der Waals surface area (Å²) >= 11 is 0. The Morgan fingerprint density at radius 2 is 1.36 bits per heavy atom. The number of hydrogen-bond acceptors (Lipinski definition) is 6. The number of unbranched alkanes of at least 4 members (excludes halogenated alkanes) is 16. The van der Waals surface area contributed by atoms with Gasteiger partial charge in [-0.2, -0.15) is 0 Å². The number of amides is 1. The lowest BCUT2D eigenvalue weighted by Gasteiger charge is -2.19. The molecule has 0 aromatic rings. The zero-order valence-corrected chi connectivity index (χ0v) is 30.0. The van der Waals surface area contributed by atoms with Gasteiger partial charge in [0, 0.05) is 24.7 Å². The van der Waals surface area contributed by atoms with E-state index >= 15 is 0 Å². The number of Topliss-reactive ketones (excluding diaryl/α,β-unsaturated/α-hetero) is 1. The monoisotopic (exact) mass is 662 g/mol. The maximum atomic E-state index is 12.5. The summed E-state index contributed by atoms with van der Waals surface area (Å²) in [5, 5.41) is 43.5. The van der Waals surface area contributed by atoms with E-state index in [4.69, 9.17) is 0 Å². The maximum absolute atomic E-state index is 12.5. The van der Waals surface area contributed by atoms with E-state index in [1.54, 1.807) is 12.2 Å². The van der Waals surface area contributed by atoms with Gasteiger partial charge in [-0.05, 0) is 38.5 Å². The molecule has 6 atom stereocenters. The van der Waals surface area contributed by atoms with Crippen LogP contribution < -0.4 is 5.32 Å². The third kappa shape index (κ3) is 21.7. The van der Waals surface area contributed by atoms with Gasteiger partial charge in [-0.1, -0.05) is 147 Å². The number of ketones is 1. The fraction of sp³-hybridized carbons (Fsp3) is 0.800. The summed E-state index contributed by atoms with van der Waals surface area (Å²) in [4.78, 5) is 24.9. The molecule has 0 spiro atoms. The van der Waals surface area contributed by atoms with Crippen molar-refractivity contribution in [2.24, 2.45) is 11.8 Å². The quantitative estimate of drug-likeness (QED) is 0.0392. The highest BCUT2D eigenvalue weighted by Gasteiger charge is 2.39. The van der Waals surface area contributed by atoms with Crippen molar-refractivity contribution in [3.05, 3.63) is 36.5 Å². The van der Waals surface area contributed by atoms with Crippen molar-refractivity contribution in [2.75, 3.05) is 6.61 Å². The lowest BCUT2D eigenvalue weighted by atomic mass is 9.90. The highest BCUT2D eigenvalue weighted by Crippen LogP contribution is 2.33. The van der Waals surface area contributed by atoms with E-state index < -0.39 is 24.4 Å². The second kappa shape index (κ2) is 29.1. The van der Waals surface area contributed by atoms with Gasteiger partial charge in [0.05, 0.1) is 31.0 Å². The van der Waals surface area contributed by atoms with Gasteiger partial charge in [0.25, 0.3) is 0 Å². The van der Waals surface area contributed by atoms with Gasteiger partial charge < -0.3 is 25.7 Å². The fourth-order valence-electron chi connectivity index (χ4n) is 6.39. The predicted octanol–water partition coefficient (Wildman–Crippen LogP) is 8.04. The van der Waals surface area contributed by atoms with Gasteiger partial charge in [-0.3, -0.25) is 9.59 Å². The number of nitrogens with one attached hydrogen (secondary N) is 1. The molecule has 0 aromatic heterocycles. The summed E-state index contributed by atoms with van der Waals surface area (Å²) in [5.41, 5.74) is 0. The Bertz CT molecular complexity index is 871. The van der Waals surface area contributed by atoms with E-state index in [1.807, 2.05) is 24.3 Å². The zero-order valence-electron chi connectivity index (χ0n) is 30.0. The normalized spacial score (nSPS) is 20.6. The molecule has 0 aromatic carbocycles. The molecule has 0 radical (unpaired) electrons. The van der Waals surface area contributed by atoms with Crippen LogP contribution in [0.5, 0.6) is 0 Å². The first kappa shape index (κ1) is 43.2. The van der Waals surface area contributed by atoms with Crippen LogP contribution in [0.1, 0.15) is 162 Å². The summed E-state index contributed by atoms with van der Waals surface area (Å²) in [6.07, 6.45) is 32.9. The minimum absolute atomic E-state index is 0.0450. The molecule has 0 saturated heterocycles. The lowest BCUT2D eigenvalue weighted by molar-refractivity contribution is -0.123. The molecule has 1 aliphatic rings. The Kier molecular flexibility index (Phi) is 26.8. The van der Waals surface area contributed by atoms with Gasteiger partial charge in [0.15, 0.2) is 0 Å². The number of allylic oxidation sites excluding steroid dienone is 3. The van der Waals surface area contributed by atoms with Crippen molar-refractivity contribution in [1.29, 1.82) is 0 Å². The summed E-state index contributed by atoms with van der Waals surface area (Å²) in [7, 11) is 0. The average Bonchev–Trinajstić information content (AvgIpc) is 3.33. The number of hydrogen-bond donors (Lipinski definition) is 5. The molecule has 7 nitrogen and oxygen atoms in total. The SMILES string of the molecule is CCCCCCCCCCCCCCC/C=C/[C@@H](O)[C@H](CO)NC(=O)CCC/C=C\C[C@H]1C(=O)C[C@@H](O)[C@@H]1/C=C/[C@@H](O)CCCCC. The highest BCUT2D eigenvalue weighted by molar-refractivity contribution is 5.84. The first-order valence-corrected chi connectivity index (χ1v) is 19.3. The van der Waals surface area contributed by atoms with E-state index in [0.29, 0.717) is 25.7 Å². The number of aliphatic hydroxyl groups is 4. The topological polar surface area (TPSA) is 127 Å². The van der Waals surface area contributed by atoms with Gasteiger partial charge in [0.1, 0.15) is 5.78 Å². The predicted molar refractivity (Wildman–Crippen MR) is 194 cm³/mol. The molecule has 47 heavy (non-hydrogen) atoms. The lowest BCUT2D eigenvalue weighted by Crippen LogP contribution is -2.45. The smallest absolute Gasteiger partial charge is 0.220 e. The fourth-order valence-corrected chi connectivity index (χ4v) is 6.39. The van der Waals surface area contributed by atoms with E-state index in [1.165, 1.54) is 77.0 Å². The Morgan fingerprint density at radius 3 is 1.98 bits per heavy atom. The Balaban J connectivity index is 2.20. The van der Waals surface area contributed by atoms with Gasteiger partial charge in [-0.15, -0.1) is 0 Å². The van der Waals surface area contributed by atoms with Crippen LogP contribution in [0.3, 0.4) is 0 Å². The molecule has 1 fully saturated rings. The number of rotatable bonds is 30. The maximum Gasteiger partial charge on any atom is 0.220 e. The molecule has 0 heterocycles. The molecular formula is C40H71NO6. The number of carbonyl (C=O) groups is 2. The molecule has 5 N–H and O–H groups in total. The average molecular weight is 662 g/mol. The molecule has 7 heteroatoms. The van der Waals surface area contributed by atoms with Crippen LogP contribution in [0.2, 0.25) is 0 Å². The molecule has 0 aliphatic heterocycles. The van der Waals surface area contributed by atoms with Crippen molar-refractivity contribution in [1.82, 2.24) is 5.32 Å². The van der Waals surface area contributed by atoms with Gasteiger partial charge in [0.2, 0.25) is 5.91 Å². The molecule has 1 saturated carbocycles. The Morgan fingerprint density at radius 1 is 0.787 bits per heavy atom. The summed E-state index contributed by atoms with van der Waals surface area (Å²) < 4.78 is 0. The van der Waals surface area contributed by atoms with Crippen molar-refractivity contribution in [2.45, 2.75) is 186 Å². The van der Waals surface area contributed by atoms with E-state index in [-0.39, 0.29) is 43.0 Å². The molecule has 0 bridgehead atoms. The highest BCUT2D eigenvalue weighted by atomic mass is 16.3. The Hall–Kier alpha value is -1.80. The van der Waals surface area contributed by atoms with Crippen molar-refractivity contribution >= 4 is 11.7 Å². The van der Waals surface area contributed by atoms with Gasteiger partial charge >= 0.3 is 0 Å². The van der Waals surface area contributed by atoms with Crippen LogP contribution in [0, 0.1) is 11.8 Å². The van der Waals surface area contributed by atoms with Crippen molar-refractivity contribution in [3.8, 4) is 0 Å². The third-order valence-electron chi connectivity index (χ3n) is 9.49. The first-order chi connectivity index (χ1) is 22.8. The summed E-state index contributed by atoms with van der Waals surface area (Å²) in [6.45, 7) is 4.05.